The van der Waals surface area contributed by atoms with Crippen molar-refractivity contribution in [1.29, 1.82) is 0 Å². The number of rotatable bonds is 7. The molecule has 0 bridgehead atoms. The maximum Gasteiger partial charge on any atom is 0.271 e. The van der Waals surface area contributed by atoms with Gasteiger partial charge >= 0.3 is 0 Å². The first-order valence-electron chi connectivity index (χ1n) is 8.41. The number of nitro groups is 1. The largest absolute Gasteiger partial charge is 0.330 e. The molecule has 2 aromatic carbocycles. The van der Waals surface area contributed by atoms with Crippen LogP contribution < -0.4 is 10.6 Å². The van der Waals surface area contributed by atoms with Gasteiger partial charge in [-0.3, -0.25) is 14.9 Å². The molecular weight excluding hydrogens is 434 g/mol. The maximum absolute atomic E-state index is 12.4. The number of non-ortho nitro benzene ring substituents is 1. The zero-order valence-corrected chi connectivity index (χ0v) is 17.8. The van der Waals surface area contributed by atoms with Crippen molar-refractivity contribution in [3.8, 4) is 0 Å². The number of aromatic nitrogens is 2. The van der Waals surface area contributed by atoms with Crippen molar-refractivity contribution in [2.45, 2.75) is 23.4 Å². The minimum atomic E-state index is -0.548. The van der Waals surface area contributed by atoms with Gasteiger partial charge in [-0.15, -0.1) is 10.2 Å². The smallest absolute Gasteiger partial charge is 0.271 e. The van der Waals surface area contributed by atoms with Gasteiger partial charge in [0.25, 0.3) is 5.69 Å². The number of anilines is 3. The molecule has 8 nitrogen and oxygen atoms in total. The van der Waals surface area contributed by atoms with Crippen molar-refractivity contribution < 1.29 is 9.72 Å². The first kappa shape index (κ1) is 21.0. The third-order valence-electron chi connectivity index (χ3n) is 3.86. The van der Waals surface area contributed by atoms with Gasteiger partial charge in [-0.05, 0) is 31.5 Å². The summed E-state index contributed by atoms with van der Waals surface area (Å²) >= 11 is 8.63. The van der Waals surface area contributed by atoms with Crippen LogP contribution in [0.25, 0.3) is 0 Å². The number of amides is 1. The zero-order valence-electron chi connectivity index (χ0n) is 15.4. The number of nitrogens with zero attached hydrogens (tertiary/aromatic N) is 3. The number of nitrogens with one attached hydrogen (secondary N) is 2. The Morgan fingerprint density at radius 2 is 2.00 bits per heavy atom. The summed E-state index contributed by atoms with van der Waals surface area (Å²) in [5.41, 5.74) is 2.20. The van der Waals surface area contributed by atoms with E-state index in [1.54, 1.807) is 6.92 Å². The molecule has 0 unspecified atom stereocenters. The molecule has 2 N–H and O–H groups in total. The summed E-state index contributed by atoms with van der Waals surface area (Å²) in [6.45, 7) is 3.73. The number of thioether (sulfide) groups is 1. The molecule has 29 heavy (non-hydrogen) atoms. The Labute approximate surface area is 179 Å². The quantitative estimate of drug-likeness (QED) is 0.287. The molecule has 3 rings (SSSR count). The molecule has 1 aromatic heterocycles. The van der Waals surface area contributed by atoms with Crippen LogP contribution in [0.4, 0.5) is 22.2 Å². The standard InChI is InChI=1S/C18H16ClN5O3S2/c1-10-5-3-4-6-14(10)21-17-22-23-18(29-17)28-11(2)16(25)20-15-8-7-12(24(26)27)9-13(15)19/h3-9,11H,1-2H3,(H,20,25)(H,21,22)/t11-/m1/s1. The lowest BCUT2D eigenvalue weighted by molar-refractivity contribution is -0.384. The SMILES string of the molecule is Cc1ccccc1Nc1nnc(S[C@H](C)C(=O)Nc2ccc([N+](=O)[O-])cc2Cl)s1. The Hall–Kier alpha value is -2.69. The lowest BCUT2D eigenvalue weighted by atomic mass is 10.2. The molecule has 0 aliphatic carbocycles. The molecule has 0 saturated heterocycles. The molecule has 0 fully saturated rings. The summed E-state index contributed by atoms with van der Waals surface area (Å²) in [7, 11) is 0. The van der Waals surface area contributed by atoms with Gasteiger partial charge in [0, 0.05) is 17.8 Å². The van der Waals surface area contributed by atoms with E-state index in [1.807, 2.05) is 31.2 Å². The second kappa shape index (κ2) is 9.21. The van der Waals surface area contributed by atoms with Gasteiger partial charge < -0.3 is 10.6 Å². The number of halogens is 1. The average Bonchev–Trinajstić information content (AvgIpc) is 3.11. The number of hydrogen-bond acceptors (Lipinski definition) is 8. The van der Waals surface area contributed by atoms with Crippen molar-refractivity contribution >= 4 is 62.8 Å². The first-order valence-corrected chi connectivity index (χ1v) is 10.5. The van der Waals surface area contributed by atoms with Gasteiger partial charge in [-0.1, -0.05) is 52.9 Å². The lowest BCUT2D eigenvalue weighted by Gasteiger charge is -2.11. The Morgan fingerprint density at radius 3 is 2.69 bits per heavy atom. The van der Waals surface area contributed by atoms with Gasteiger partial charge in [-0.25, -0.2) is 0 Å². The number of carbonyl (C=O) groups is 1. The summed E-state index contributed by atoms with van der Waals surface area (Å²) < 4.78 is 0.638. The van der Waals surface area contributed by atoms with Crippen LogP contribution in [0.3, 0.4) is 0 Å². The van der Waals surface area contributed by atoms with Crippen LogP contribution >= 0.6 is 34.7 Å². The Morgan fingerprint density at radius 1 is 1.24 bits per heavy atom. The van der Waals surface area contributed by atoms with Crippen LogP contribution in [0.2, 0.25) is 5.02 Å². The summed E-state index contributed by atoms with van der Waals surface area (Å²) in [6.07, 6.45) is 0. The highest BCUT2D eigenvalue weighted by molar-refractivity contribution is 8.02. The number of aryl methyl sites for hydroxylation is 1. The van der Waals surface area contributed by atoms with E-state index in [0.29, 0.717) is 15.2 Å². The summed E-state index contributed by atoms with van der Waals surface area (Å²) in [6, 6.07) is 11.7. The molecule has 0 spiro atoms. The molecule has 11 heteroatoms. The number of hydrogen-bond donors (Lipinski definition) is 2. The fourth-order valence-corrected chi connectivity index (χ4v) is 4.42. The van der Waals surface area contributed by atoms with Gasteiger partial charge in [0.2, 0.25) is 11.0 Å². The van der Waals surface area contributed by atoms with E-state index >= 15 is 0 Å². The van der Waals surface area contributed by atoms with Crippen molar-refractivity contribution in [3.05, 3.63) is 63.2 Å². The molecular formula is C18H16ClN5O3S2. The molecule has 1 atom stereocenters. The third kappa shape index (κ3) is 5.43. The third-order valence-corrected chi connectivity index (χ3v) is 6.20. The zero-order chi connectivity index (χ0) is 21.0. The number of benzene rings is 2. The van der Waals surface area contributed by atoms with Crippen molar-refractivity contribution in [3.63, 3.8) is 0 Å². The number of para-hydroxylation sites is 1. The summed E-state index contributed by atoms with van der Waals surface area (Å²) in [5.74, 6) is -0.297. The molecule has 0 aliphatic heterocycles. The Bertz CT molecular complexity index is 1060. The van der Waals surface area contributed by atoms with E-state index in [2.05, 4.69) is 20.8 Å². The minimum Gasteiger partial charge on any atom is -0.330 e. The Kier molecular flexibility index (Phi) is 6.68. The highest BCUT2D eigenvalue weighted by Gasteiger charge is 2.19. The average molecular weight is 450 g/mol. The van der Waals surface area contributed by atoms with Crippen LogP contribution in [0.15, 0.2) is 46.8 Å². The van der Waals surface area contributed by atoms with E-state index in [0.717, 1.165) is 11.3 Å². The van der Waals surface area contributed by atoms with Crippen molar-refractivity contribution in [2.75, 3.05) is 10.6 Å². The van der Waals surface area contributed by atoms with E-state index in [1.165, 1.54) is 41.3 Å². The van der Waals surface area contributed by atoms with Gasteiger partial charge in [0.1, 0.15) is 0 Å². The summed E-state index contributed by atoms with van der Waals surface area (Å²) in [4.78, 5) is 22.7. The second-order valence-electron chi connectivity index (χ2n) is 5.98. The molecule has 150 valence electrons. The summed E-state index contributed by atoms with van der Waals surface area (Å²) in [5, 5.41) is 25.1. The molecule has 3 aromatic rings. The lowest BCUT2D eigenvalue weighted by Crippen LogP contribution is -2.22. The molecule has 1 amide bonds. The van der Waals surface area contributed by atoms with Gasteiger partial charge in [0.15, 0.2) is 4.34 Å². The van der Waals surface area contributed by atoms with Crippen molar-refractivity contribution in [2.24, 2.45) is 0 Å². The monoisotopic (exact) mass is 449 g/mol. The van der Waals surface area contributed by atoms with E-state index in [9.17, 15) is 14.9 Å². The Balaban J connectivity index is 1.61. The van der Waals surface area contributed by atoms with Crippen LogP contribution in [0.5, 0.6) is 0 Å². The highest BCUT2D eigenvalue weighted by Crippen LogP contribution is 2.32. The highest BCUT2D eigenvalue weighted by atomic mass is 35.5. The van der Waals surface area contributed by atoms with Crippen LogP contribution in [0, 0.1) is 17.0 Å². The fourth-order valence-electron chi connectivity index (χ4n) is 2.29. The normalized spacial score (nSPS) is 11.7. The van der Waals surface area contributed by atoms with Crippen LogP contribution in [-0.4, -0.2) is 26.3 Å². The fraction of sp³-hybridized carbons (Fsp3) is 0.167. The molecule has 0 aliphatic rings. The van der Waals surface area contributed by atoms with E-state index < -0.39 is 10.2 Å². The van der Waals surface area contributed by atoms with E-state index in [-0.39, 0.29) is 16.6 Å². The maximum atomic E-state index is 12.4. The first-order chi connectivity index (χ1) is 13.8. The van der Waals surface area contributed by atoms with Crippen LogP contribution in [-0.2, 0) is 4.79 Å². The molecule has 1 heterocycles. The molecule has 0 radical (unpaired) electrons. The molecule has 0 saturated carbocycles. The van der Waals surface area contributed by atoms with E-state index in [4.69, 9.17) is 11.6 Å². The van der Waals surface area contributed by atoms with Crippen LogP contribution in [0.1, 0.15) is 12.5 Å². The van der Waals surface area contributed by atoms with Crippen molar-refractivity contribution in [1.82, 2.24) is 10.2 Å². The van der Waals surface area contributed by atoms with Gasteiger partial charge in [0.05, 0.1) is 20.9 Å². The number of nitro benzene ring substituents is 1. The topological polar surface area (TPSA) is 110 Å². The predicted molar refractivity (Wildman–Crippen MR) is 116 cm³/mol. The van der Waals surface area contributed by atoms with Gasteiger partial charge in [-0.2, -0.15) is 0 Å². The number of carbonyl (C=O) groups excluding carboxylic acids is 1. The second-order valence-corrected chi connectivity index (χ2v) is 8.96. The predicted octanol–water partition coefficient (Wildman–Crippen LogP) is 5.27. The minimum absolute atomic E-state index is 0.102.